The zero-order valence-corrected chi connectivity index (χ0v) is 15.7. The van der Waals surface area contributed by atoms with E-state index in [1.54, 1.807) is 6.07 Å². The van der Waals surface area contributed by atoms with Crippen LogP contribution in [0.1, 0.15) is 21.9 Å². The van der Waals surface area contributed by atoms with Gasteiger partial charge in [0.15, 0.2) is 0 Å². The molecule has 8 nitrogen and oxygen atoms in total. The second-order valence-electron chi connectivity index (χ2n) is 6.18. The van der Waals surface area contributed by atoms with E-state index in [-0.39, 0.29) is 18.3 Å². The number of nitrogens with one attached hydrogen (secondary N) is 3. The molecule has 0 aliphatic carbocycles. The Balaban J connectivity index is 0.00000225. The summed E-state index contributed by atoms with van der Waals surface area (Å²) in [6.45, 7) is 9.55. The lowest BCUT2D eigenvalue weighted by molar-refractivity contribution is 0.0942. The molecule has 1 aliphatic rings. The second-order valence-corrected chi connectivity index (χ2v) is 6.18. The van der Waals surface area contributed by atoms with Crippen molar-refractivity contribution in [2.24, 2.45) is 7.05 Å². The molecule has 0 bridgehead atoms. The van der Waals surface area contributed by atoms with E-state index in [4.69, 9.17) is 0 Å². The molecule has 0 spiro atoms. The monoisotopic (exact) mass is 367 g/mol. The highest BCUT2D eigenvalue weighted by Crippen LogP contribution is 2.25. The van der Waals surface area contributed by atoms with Crippen LogP contribution in [0.25, 0.3) is 11.3 Å². The molecule has 2 aromatic rings. The predicted octanol–water partition coefficient (Wildman–Crippen LogP) is 0.484. The number of aromatic nitrogens is 4. The summed E-state index contributed by atoms with van der Waals surface area (Å²) in [5, 5.41) is 17.8. The molecule has 0 aromatic carbocycles. The Labute approximate surface area is 153 Å². The number of halogens is 1. The SMILES string of the molecule is Cc1nn(C)c(C)c1-c1cc(C(=O)NCCN2CCNCC2)[nH]n1.Cl. The van der Waals surface area contributed by atoms with Crippen LogP contribution < -0.4 is 10.6 Å². The van der Waals surface area contributed by atoms with E-state index in [1.165, 1.54) is 0 Å². The van der Waals surface area contributed by atoms with Crippen LogP contribution in [-0.4, -0.2) is 70.1 Å². The number of aryl methyl sites for hydroxylation is 2. The van der Waals surface area contributed by atoms with Crippen molar-refractivity contribution in [1.29, 1.82) is 0 Å². The molecule has 138 valence electrons. The minimum Gasteiger partial charge on any atom is -0.349 e. The largest absolute Gasteiger partial charge is 0.349 e. The summed E-state index contributed by atoms with van der Waals surface area (Å²) in [6, 6.07) is 1.79. The summed E-state index contributed by atoms with van der Waals surface area (Å²) in [7, 11) is 1.90. The van der Waals surface area contributed by atoms with Gasteiger partial charge in [-0.15, -0.1) is 12.4 Å². The van der Waals surface area contributed by atoms with Crippen LogP contribution >= 0.6 is 12.4 Å². The first-order chi connectivity index (χ1) is 11.6. The highest BCUT2D eigenvalue weighted by atomic mass is 35.5. The van der Waals surface area contributed by atoms with Gasteiger partial charge >= 0.3 is 0 Å². The lowest BCUT2D eigenvalue weighted by Gasteiger charge is -2.26. The summed E-state index contributed by atoms with van der Waals surface area (Å²) in [5.74, 6) is -0.122. The molecule has 1 aliphatic heterocycles. The number of nitrogens with zero attached hydrogens (tertiary/aromatic N) is 4. The molecule has 2 aromatic heterocycles. The summed E-state index contributed by atoms with van der Waals surface area (Å²) in [5.41, 5.74) is 4.16. The molecule has 25 heavy (non-hydrogen) atoms. The number of amides is 1. The van der Waals surface area contributed by atoms with E-state index >= 15 is 0 Å². The Morgan fingerprint density at radius 3 is 2.68 bits per heavy atom. The molecular weight excluding hydrogens is 342 g/mol. The standard InChI is InChI=1S/C16H25N7O.ClH/c1-11-15(12(2)22(3)21-11)13-10-14(20-19-13)16(24)18-6-9-23-7-4-17-5-8-23;/h10,17H,4-9H2,1-3H3,(H,18,24)(H,19,20);1H. The molecule has 1 saturated heterocycles. The molecule has 0 atom stereocenters. The van der Waals surface area contributed by atoms with E-state index in [2.05, 4.69) is 30.8 Å². The fourth-order valence-electron chi connectivity index (χ4n) is 3.07. The van der Waals surface area contributed by atoms with Crippen molar-refractivity contribution in [3.8, 4) is 11.3 Å². The average molecular weight is 368 g/mol. The van der Waals surface area contributed by atoms with Gasteiger partial charge in [-0.1, -0.05) is 0 Å². The van der Waals surface area contributed by atoms with Crippen molar-refractivity contribution in [2.45, 2.75) is 13.8 Å². The molecule has 1 amide bonds. The number of carbonyl (C=O) groups excluding carboxylic acids is 1. The Hall–Kier alpha value is -1.90. The Morgan fingerprint density at radius 2 is 2.04 bits per heavy atom. The fourth-order valence-corrected chi connectivity index (χ4v) is 3.07. The number of H-pyrrole nitrogens is 1. The van der Waals surface area contributed by atoms with Gasteiger partial charge in [0.05, 0.1) is 11.4 Å². The van der Waals surface area contributed by atoms with Gasteiger partial charge in [-0.25, -0.2) is 0 Å². The van der Waals surface area contributed by atoms with Gasteiger partial charge < -0.3 is 10.6 Å². The van der Waals surface area contributed by atoms with Crippen molar-refractivity contribution in [2.75, 3.05) is 39.3 Å². The lowest BCUT2D eigenvalue weighted by Crippen LogP contribution is -2.46. The fraction of sp³-hybridized carbons (Fsp3) is 0.562. The highest BCUT2D eigenvalue weighted by Gasteiger charge is 2.17. The molecular formula is C16H26ClN7O. The number of aromatic amines is 1. The van der Waals surface area contributed by atoms with Crippen LogP contribution in [0.5, 0.6) is 0 Å². The van der Waals surface area contributed by atoms with Crippen LogP contribution in [0.2, 0.25) is 0 Å². The third kappa shape index (κ3) is 4.39. The van der Waals surface area contributed by atoms with Crippen LogP contribution in [-0.2, 0) is 7.05 Å². The molecule has 0 unspecified atom stereocenters. The van der Waals surface area contributed by atoms with Crippen LogP contribution in [0, 0.1) is 13.8 Å². The van der Waals surface area contributed by atoms with Crippen LogP contribution in [0.3, 0.4) is 0 Å². The van der Waals surface area contributed by atoms with E-state index in [1.807, 2.05) is 25.6 Å². The van der Waals surface area contributed by atoms with Gasteiger partial charge in [0.1, 0.15) is 5.69 Å². The maximum absolute atomic E-state index is 12.3. The molecule has 1 fully saturated rings. The second kappa shape index (κ2) is 8.46. The molecule has 3 rings (SSSR count). The predicted molar refractivity (Wildman–Crippen MR) is 99.2 cm³/mol. The normalized spacial score (nSPS) is 15.0. The molecule has 9 heteroatoms. The van der Waals surface area contributed by atoms with Crippen molar-refractivity contribution in [3.63, 3.8) is 0 Å². The lowest BCUT2D eigenvalue weighted by atomic mass is 10.1. The number of carbonyl (C=O) groups is 1. The highest BCUT2D eigenvalue weighted by molar-refractivity contribution is 5.93. The van der Waals surface area contributed by atoms with Crippen molar-refractivity contribution in [3.05, 3.63) is 23.1 Å². The molecule has 3 heterocycles. The third-order valence-electron chi connectivity index (χ3n) is 4.51. The topological polar surface area (TPSA) is 90.9 Å². The Bertz CT molecular complexity index is 718. The first kappa shape index (κ1) is 19.4. The van der Waals surface area contributed by atoms with E-state index < -0.39 is 0 Å². The first-order valence-corrected chi connectivity index (χ1v) is 8.33. The van der Waals surface area contributed by atoms with Gasteiger partial charge in [0, 0.05) is 57.6 Å². The van der Waals surface area contributed by atoms with Crippen LogP contribution in [0.4, 0.5) is 0 Å². The molecule has 3 N–H and O–H groups in total. The maximum atomic E-state index is 12.3. The van der Waals surface area contributed by atoms with Crippen molar-refractivity contribution in [1.82, 2.24) is 35.5 Å². The molecule has 0 radical (unpaired) electrons. The first-order valence-electron chi connectivity index (χ1n) is 8.33. The average Bonchev–Trinajstić information content (AvgIpc) is 3.14. The summed E-state index contributed by atoms with van der Waals surface area (Å²) in [6.07, 6.45) is 0. The van der Waals surface area contributed by atoms with Gasteiger partial charge in [0.25, 0.3) is 5.91 Å². The quantitative estimate of drug-likeness (QED) is 0.715. The number of piperazine rings is 1. The van der Waals surface area contributed by atoms with Gasteiger partial charge in [0.2, 0.25) is 0 Å². The smallest absolute Gasteiger partial charge is 0.269 e. The van der Waals surface area contributed by atoms with Crippen molar-refractivity contribution >= 4 is 18.3 Å². The zero-order chi connectivity index (χ0) is 17.1. The van der Waals surface area contributed by atoms with Gasteiger partial charge in [-0.05, 0) is 19.9 Å². The Morgan fingerprint density at radius 1 is 1.32 bits per heavy atom. The maximum Gasteiger partial charge on any atom is 0.269 e. The molecule has 0 saturated carbocycles. The van der Waals surface area contributed by atoms with Crippen LogP contribution in [0.15, 0.2) is 6.07 Å². The van der Waals surface area contributed by atoms with Crippen molar-refractivity contribution < 1.29 is 4.79 Å². The van der Waals surface area contributed by atoms with E-state index in [0.29, 0.717) is 12.2 Å². The number of hydrogen-bond donors (Lipinski definition) is 3. The van der Waals surface area contributed by atoms with E-state index in [0.717, 1.165) is 55.4 Å². The summed E-state index contributed by atoms with van der Waals surface area (Å²) < 4.78 is 1.83. The summed E-state index contributed by atoms with van der Waals surface area (Å²) in [4.78, 5) is 14.6. The minimum absolute atomic E-state index is 0. The van der Waals surface area contributed by atoms with Gasteiger partial charge in [-0.3, -0.25) is 19.5 Å². The van der Waals surface area contributed by atoms with Gasteiger partial charge in [-0.2, -0.15) is 10.2 Å². The number of rotatable bonds is 5. The van der Waals surface area contributed by atoms with E-state index in [9.17, 15) is 4.79 Å². The Kier molecular flexibility index (Phi) is 6.57. The number of hydrogen-bond acceptors (Lipinski definition) is 5. The summed E-state index contributed by atoms with van der Waals surface area (Å²) >= 11 is 0. The third-order valence-corrected chi connectivity index (χ3v) is 4.51. The zero-order valence-electron chi connectivity index (χ0n) is 14.9. The minimum atomic E-state index is -0.122.